The first-order valence-corrected chi connectivity index (χ1v) is 9.32. The molecule has 122 valence electrons. The van der Waals surface area contributed by atoms with Crippen molar-refractivity contribution in [3.63, 3.8) is 0 Å². The summed E-state index contributed by atoms with van der Waals surface area (Å²) in [5.41, 5.74) is 2.61. The third kappa shape index (κ3) is 3.34. The molecule has 0 radical (unpaired) electrons. The molecule has 0 fully saturated rings. The lowest BCUT2D eigenvalue weighted by Crippen LogP contribution is -2.39. The Balaban J connectivity index is 1.96. The molecule has 1 unspecified atom stereocenters. The van der Waals surface area contributed by atoms with Crippen molar-refractivity contribution in [1.29, 1.82) is 0 Å². The Kier molecular flexibility index (Phi) is 4.31. The number of methoxy groups -OCH3 is 1. The number of hydrogen-bond acceptors (Lipinski definition) is 3. The van der Waals surface area contributed by atoms with Crippen molar-refractivity contribution in [2.45, 2.75) is 19.1 Å². The monoisotopic (exact) mass is 331 g/mol. The van der Waals surface area contributed by atoms with Gasteiger partial charge in [0.05, 0.1) is 18.6 Å². The topological polar surface area (TPSA) is 46.6 Å². The standard InChI is InChI=1S/C18H21NO3S/c1-14-10-16-11-17(22-2)8-9-18(16)19(12-14)23(20,21)13-15-6-4-3-5-7-15/h3-9,11,14H,10,12-13H2,1-2H3. The Morgan fingerprint density at radius 3 is 2.61 bits per heavy atom. The molecule has 5 heteroatoms. The predicted molar refractivity (Wildman–Crippen MR) is 92.3 cm³/mol. The predicted octanol–water partition coefficient (Wildman–Crippen LogP) is 3.22. The van der Waals surface area contributed by atoms with Crippen molar-refractivity contribution in [2.24, 2.45) is 5.92 Å². The van der Waals surface area contributed by atoms with Crippen LogP contribution in [-0.4, -0.2) is 22.1 Å². The molecule has 0 N–H and O–H groups in total. The maximum absolute atomic E-state index is 12.9. The molecular weight excluding hydrogens is 310 g/mol. The third-order valence-corrected chi connectivity index (χ3v) is 5.84. The lowest BCUT2D eigenvalue weighted by molar-refractivity contribution is 0.413. The minimum absolute atomic E-state index is 0.0199. The van der Waals surface area contributed by atoms with Gasteiger partial charge >= 0.3 is 0 Å². The van der Waals surface area contributed by atoms with Gasteiger partial charge in [-0.3, -0.25) is 4.31 Å². The second kappa shape index (κ2) is 6.24. The molecule has 2 aromatic carbocycles. The Morgan fingerprint density at radius 2 is 1.91 bits per heavy atom. The van der Waals surface area contributed by atoms with Crippen LogP contribution in [0.25, 0.3) is 0 Å². The molecule has 2 aromatic rings. The number of anilines is 1. The van der Waals surface area contributed by atoms with Gasteiger partial charge in [-0.05, 0) is 41.7 Å². The fraction of sp³-hybridized carbons (Fsp3) is 0.333. The summed E-state index contributed by atoms with van der Waals surface area (Å²) in [5.74, 6) is 1.06. The summed E-state index contributed by atoms with van der Waals surface area (Å²) in [6.07, 6.45) is 0.865. The van der Waals surface area contributed by atoms with Crippen LogP contribution in [0.1, 0.15) is 18.1 Å². The van der Waals surface area contributed by atoms with E-state index in [9.17, 15) is 8.42 Å². The summed E-state index contributed by atoms with van der Waals surface area (Å²) >= 11 is 0. The average Bonchev–Trinajstić information content (AvgIpc) is 2.54. The molecule has 0 saturated carbocycles. The van der Waals surface area contributed by atoms with Crippen molar-refractivity contribution in [3.8, 4) is 5.75 Å². The highest BCUT2D eigenvalue weighted by molar-refractivity contribution is 7.92. The minimum atomic E-state index is -3.41. The first-order valence-electron chi connectivity index (χ1n) is 7.71. The molecule has 3 rings (SSSR count). The molecular formula is C18H21NO3S. The lowest BCUT2D eigenvalue weighted by Gasteiger charge is -2.34. The molecule has 1 aliphatic heterocycles. The van der Waals surface area contributed by atoms with Crippen LogP contribution in [0.4, 0.5) is 5.69 Å². The van der Waals surface area contributed by atoms with Gasteiger partial charge in [-0.1, -0.05) is 37.3 Å². The molecule has 0 amide bonds. The Bertz CT molecular complexity index is 787. The van der Waals surface area contributed by atoms with E-state index < -0.39 is 10.0 Å². The number of sulfonamides is 1. The van der Waals surface area contributed by atoms with E-state index in [2.05, 4.69) is 6.92 Å². The number of rotatable bonds is 4. The maximum Gasteiger partial charge on any atom is 0.239 e. The Morgan fingerprint density at radius 1 is 1.17 bits per heavy atom. The third-order valence-electron chi connectivity index (χ3n) is 4.13. The summed E-state index contributed by atoms with van der Waals surface area (Å²) in [6.45, 7) is 2.60. The molecule has 0 spiro atoms. The van der Waals surface area contributed by atoms with Crippen molar-refractivity contribution in [2.75, 3.05) is 18.0 Å². The number of benzene rings is 2. The van der Waals surface area contributed by atoms with Crippen LogP contribution in [0, 0.1) is 5.92 Å². The summed E-state index contributed by atoms with van der Waals surface area (Å²) < 4.78 is 32.6. The summed E-state index contributed by atoms with van der Waals surface area (Å²) in [7, 11) is -1.79. The van der Waals surface area contributed by atoms with Gasteiger partial charge in [0.2, 0.25) is 10.0 Å². The first-order chi connectivity index (χ1) is 11.0. The van der Waals surface area contributed by atoms with E-state index in [0.717, 1.165) is 29.0 Å². The van der Waals surface area contributed by atoms with Crippen LogP contribution in [0.2, 0.25) is 0 Å². The maximum atomic E-state index is 12.9. The first kappa shape index (κ1) is 15.9. The quantitative estimate of drug-likeness (QED) is 0.864. The minimum Gasteiger partial charge on any atom is -0.497 e. The van der Waals surface area contributed by atoms with E-state index in [4.69, 9.17) is 4.74 Å². The molecule has 1 heterocycles. The van der Waals surface area contributed by atoms with E-state index in [1.54, 1.807) is 11.4 Å². The molecule has 1 aliphatic rings. The van der Waals surface area contributed by atoms with Gasteiger partial charge in [0.1, 0.15) is 5.75 Å². The van der Waals surface area contributed by atoms with E-state index in [1.807, 2.05) is 48.5 Å². The van der Waals surface area contributed by atoms with Crippen molar-refractivity contribution >= 4 is 15.7 Å². The number of ether oxygens (including phenoxy) is 1. The largest absolute Gasteiger partial charge is 0.497 e. The van der Waals surface area contributed by atoms with Crippen LogP contribution in [-0.2, 0) is 22.2 Å². The van der Waals surface area contributed by atoms with Gasteiger partial charge in [0.15, 0.2) is 0 Å². The van der Waals surface area contributed by atoms with E-state index in [1.165, 1.54) is 0 Å². The highest BCUT2D eigenvalue weighted by atomic mass is 32.2. The fourth-order valence-electron chi connectivity index (χ4n) is 3.04. The molecule has 4 nitrogen and oxygen atoms in total. The molecule has 0 bridgehead atoms. The number of fused-ring (bicyclic) bond motifs is 1. The summed E-state index contributed by atoms with van der Waals surface area (Å²) in [6, 6.07) is 14.9. The van der Waals surface area contributed by atoms with Gasteiger partial charge in [0, 0.05) is 6.54 Å². The zero-order valence-corrected chi connectivity index (χ0v) is 14.2. The molecule has 1 atom stereocenters. The number of hydrogen-bond donors (Lipinski definition) is 0. The molecule has 23 heavy (non-hydrogen) atoms. The highest BCUT2D eigenvalue weighted by Gasteiger charge is 2.30. The van der Waals surface area contributed by atoms with Crippen LogP contribution < -0.4 is 9.04 Å². The van der Waals surface area contributed by atoms with Crippen LogP contribution in [0.15, 0.2) is 48.5 Å². The van der Waals surface area contributed by atoms with Gasteiger partial charge in [-0.15, -0.1) is 0 Å². The van der Waals surface area contributed by atoms with Crippen molar-refractivity contribution < 1.29 is 13.2 Å². The Labute approximate surface area is 137 Å². The van der Waals surface area contributed by atoms with Gasteiger partial charge in [-0.25, -0.2) is 8.42 Å². The van der Waals surface area contributed by atoms with Crippen LogP contribution >= 0.6 is 0 Å². The van der Waals surface area contributed by atoms with Gasteiger partial charge < -0.3 is 4.74 Å². The average molecular weight is 331 g/mol. The van der Waals surface area contributed by atoms with E-state index >= 15 is 0 Å². The smallest absolute Gasteiger partial charge is 0.239 e. The second-order valence-electron chi connectivity index (χ2n) is 6.08. The molecule has 0 aliphatic carbocycles. The highest BCUT2D eigenvalue weighted by Crippen LogP contribution is 2.35. The fourth-order valence-corrected chi connectivity index (χ4v) is 4.77. The zero-order chi connectivity index (χ0) is 16.4. The van der Waals surface area contributed by atoms with Crippen LogP contribution in [0.5, 0.6) is 5.75 Å². The van der Waals surface area contributed by atoms with E-state index in [0.29, 0.717) is 6.54 Å². The Hall–Kier alpha value is -2.01. The molecule has 0 saturated heterocycles. The van der Waals surface area contributed by atoms with Gasteiger partial charge in [0.25, 0.3) is 0 Å². The van der Waals surface area contributed by atoms with Crippen molar-refractivity contribution in [1.82, 2.24) is 0 Å². The van der Waals surface area contributed by atoms with Gasteiger partial charge in [-0.2, -0.15) is 0 Å². The lowest BCUT2D eigenvalue weighted by atomic mass is 9.95. The SMILES string of the molecule is COc1ccc2c(c1)CC(C)CN2S(=O)(=O)Cc1ccccc1. The van der Waals surface area contributed by atoms with Crippen molar-refractivity contribution in [3.05, 3.63) is 59.7 Å². The zero-order valence-electron chi connectivity index (χ0n) is 13.4. The summed E-state index contributed by atoms with van der Waals surface area (Å²) in [5, 5.41) is 0. The molecule has 0 aromatic heterocycles. The normalized spacial score (nSPS) is 17.7. The van der Waals surface area contributed by atoms with E-state index in [-0.39, 0.29) is 11.7 Å². The second-order valence-corrected chi connectivity index (χ2v) is 7.97. The summed E-state index contributed by atoms with van der Waals surface area (Å²) in [4.78, 5) is 0. The number of nitrogens with zero attached hydrogens (tertiary/aromatic N) is 1. The van der Waals surface area contributed by atoms with Crippen LogP contribution in [0.3, 0.4) is 0 Å².